The molecule has 120 valence electrons. The zero-order valence-electron chi connectivity index (χ0n) is 13.4. The van der Waals surface area contributed by atoms with E-state index in [9.17, 15) is 5.11 Å². The molecule has 0 aromatic heterocycles. The second-order valence-corrected chi connectivity index (χ2v) is 5.81. The van der Waals surface area contributed by atoms with Gasteiger partial charge in [0.15, 0.2) is 0 Å². The van der Waals surface area contributed by atoms with E-state index in [4.69, 9.17) is 9.47 Å². The van der Waals surface area contributed by atoms with Gasteiger partial charge in [-0.3, -0.25) is 4.90 Å². The van der Waals surface area contributed by atoms with Crippen LogP contribution in [0.4, 0.5) is 0 Å². The average Bonchev–Trinajstić information content (AvgIpc) is 2.50. The number of aliphatic hydroxyl groups is 1. The molecule has 1 aliphatic carbocycles. The van der Waals surface area contributed by atoms with Gasteiger partial charge in [-0.25, -0.2) is 0 Å². The third-order valence-corrected chi connectivity index (χ3v) is 4.54. The largest absolute Gasteiger partial charge is 0.394 e. The van der Waals surface area contributed by atoms with Crippen LogP contribution < -0.4 is 5.32 Å². The molecule has 0 bridgehead atoms. The predicted molar refractivity (Wildman–Crippen MR) is 81.1 cm³/mol. The van der Waals surface area contributed by atoms with Crippen LogP contribution in [0, 0.1) is 0 Å². The zero-order chi connectivity index (χ0) is 14.8. The maximum atomic E-state index is 9.71. The fourth-order valence-corrected chi connectivity index (χ4v) is 3.19. The third kappa shape index (κ3) is 5.30. The minimum absolute atomic E-state index is 0.102. The Labute approximate surface area is 123 Å². The van der Waals surface area contributed by atoms with Crippen LogP contribution in [0.3, 0.4) is 0 Å². The smallest absolute Gasteiger partial charge is 0.0613 e. The second kappa shape index (κ2) is 9.68. The Kier molecular flexibility index (Phi) is 8.64. The summed E-state index contributed by atoms with van der Waals surface area (Å²) < 4.78 is 10.4. The van der Waals surface area contributed by atoms with E-state index in [-0.39, 0.29) is 12.1 Å². The van der Waals surface area contributed by atoms with E-state index in [2.05, 4.69) is 10.2 Å². The second-order valence-electron chi connectivity index (χ2n) is 5.81. The molecule has 0 aromatic rings. The summed E-state index contributed by atoms with van der Waals surface area (Å²) >= 11 is 0. The molecule has 5 nitrogen and oxygen atoms in total. The molecular formula is C15H32N2O3. The summed E-state index contributed by atoms with van der Waals surface area (Å²) in [6.07, 6.45) is 5.49. The van der Waals surface area contributed by atoms with E-state index in [1.54, 1.807) is 14.2 Å². The summed E-state index contributed by atoms with van der Waals surface area (Å²) in [5.41, 5.74) is -0.102. The van der Waals surface area contributed by atoms with Crippen LogP contribution in [-0.2, 0) is 9.47 Å². The van der Waals surface area contributed by atoms with Crippen LogP contribution in [-0.4, -0.2) is 75.8 Å². The van der Waals surface area contributed by atoms with Crippen LogP contribution in [0.15, 0.2) is 0 Å². The Morgan fingerprint density at radius 1 is 1.25 bits per heavy atom. The van der Waals surface area contributed by atoms with Gasteiger partial charge in [-0.1, -0.05) is 0 Å². The van der Waals surface area contributed by atoms with E-state index in [0.29, 0.717) is 6.04 Å². The van der Waals surface area contributed by atoms with Crippen molar-refractivity contribution in [1.82, 2.24) is 10.2 Å². The Hall–Kier alpha value is -0.200. The Morgan fingerprint density at radius 2 is 2.00 bits per heavy atom. The van der Waals surface area contributed by atoms with Crippen LogP contribution in [0.2, 0.25) is 0 Å². The monoisotopic (exact) mass is 288 g/mol. The van der Waals surface area contributed by atoms with Crippen LogP contribution >= 0.6 is 0 Å². The quantitative estimate of drug-likeness (QED) is 0.584. The van der Waals surface area contributed by atoms with Gasteiger partial charge in [0, 0.05) is 45.5 Å². The van der Waals surface area contributed by atoms with E-state index >= 15 is 0 Å². The molecule has 1 rings (SSSR count). The van der Waals surface area contributed by atoms with Crippen molar-refractivity contribution in [2.45, 2.75) is 43.7 Å². The van der Waals surface area contributed by atoms with Crippen molar-refractivity contribution < 1.29 is 14.6 Å². The van der Waals surface area contributed by atoms with Gasteiger partial charge in [0.2, 0.25) is 0 Å². The molecule has 1 saturated carbocycles. The number of nitrogens with zero attached hydrogens (tertiary/aromatic N) is 1. The Bertz CT molecular complexity index is 247. The summed E-state index contributed by atoms with van der Waals surface area (Å²) in [6.45, 7) is 3.77. The van der Waals surface area contributed by atoms with Crippen molar-refractivity contribution >= 4 is 0 Å². The van der Waals surface area contributed by atoms with Crippen LogP contribution in [0.1, 0.15) is 32.1 Å². The highest BCUT2D eigenvalue weighted by molar-refractivity contribution is 4.95. The van der Waals surface area contributed by atoms with Gasteiger partial charge in [-0.15, -0.1) is 0 Å². The van der Waals surface area contributed by atoms with Crippen molar-refractivity contribution in [2.24, 2.45) is 0 Å². The molecule has 1 fully saturated rings. The molecule has 20 heavy (non-hydrogen) atoms. The predicted octanol–water partition coefficient (Wildman–Crippen LogP) is 0.864. The summed E-state index contributed by atoms with van der Waals surface area (Å²) in [7, 11) is 5.46. The van der Waals surface area contributed by atoms with Gasteiger partial charge in [0.1, 0.15) is 0 Å². The van der Waals surface area contributed by atoms with Crippen molar-refractivity contribution in [2.75, 3.05) is 54.2 Å². The molecule has 0 spiro atoms. The van der Waals surface area contributed by atoms with E-state index in [0.717, 1.165) is 45.6 Å². The molecule has 0 radical (unpaired) electrons. The van der Waals surface area contributed by atoms with Gasteiger partial charge in [0.05, 0.1) is 13.2 Å². The first-order valence-corrected chi connectivity index (χ1v) is 7.73. The molecule has 0 amide bonds. The minimum atomic E-state index is -0.102. The highest BCUT2D eigenvalue weighted by atomic mass is 16.5. The van der Waals surface area contributed by atoms with Crippen LogP contribution in [0.25, 0.3) is 0 Å². The number of nitrogens with one attached hydrogen (secondary N) is 1. The lowest BCUT2D eigenvalue weighted by Gasteiger charge is -2.44. The van der Waals surface area contributed by atoms with Crippen LogP contribution in [0.5, 0.6) is 0 Å². The van der Waals surface area contributed by atoms with Gasteiger partial charge in [0.25, 0.3) is 0 Å². The fourth-order valence-electron chi connectivity index (χ4n) is 3.19. The van der Waals surface area contributed by atoms with Crippen molar-refractivity contribution in [1.29, 1.82) is 0 Å². The lowest BCUT2D eigenvalue weighted by molar-refractivity contribution is 0.0447. The van der Waals surface area contributed by atoms with Gasteiger partial charge >= 0.3 is 0 Å². The molecule has 2 N–H and O–H groups in total. The average molecular weight is 288 g/mol. The topological polar surface area (TPSA) is 54.0 Å². The molecule has 1 aliphatic rings. The summed E-state index contributed by atoms with van der Waals surface area (Å²) in [6, 6.07) is 0.523. The number of hydrogen-bond acceptors (Lipinski definition) is 5. The summed E-state index contributed by atoms with van der Waals surface area (Å²) in [4.78, 5) is 2.50. The molecule has 5 heteroatoms. The first-order chi connectivity index (χ1) is 9.71. The van der Waals surface area contributed by atoms with Crippen molar-refractivity contribution in [3.63, 3.8) is 0 Å². The molecule has 0 aliphatic heterocycles. The SMILES string of the molecule is CNC1(CO)CCCC(N(CCCOC)CCOC)C1. The first kappa shape index (κ1) is 17.9. The molecule has 0 heterocycles. The lowest BCUT2D eigenvalue weighted by Crippen LogP contribution is -2.55. The molecular weight excluding hydrogens is 256 g/mol. The minimum Gasteiger partial charge on any atom is -0.394 e. The molecule has 0 saturated heterocycles. The molecule has 2 unspecified atom stereocenters. The standard InChI is InChI=1S/C15H32N2O3/c1-16-15(13-18)7-4-6-14(12-15)17(9-11-20-3)8-5-10-19-2/h14,16,18H,4-13H2,1-3H3. The number of hydrogen-bond donors (Lipinski definition) is 2. The maximum Gasteiger partial charge on any atom is 0.0613 e. The zero-order valence-corrected chi connectivity index (χ0v) is 13.4. The van der Waals surface area contributed by atoms with Crippen molar-refractivity contribution in [3.8, 4) is 0 Å². The van der Waals surface area contributed by atoms with Gasteiger partial charge in [-0.2, -0.15) is 0 Å². The van der Waals surface area contributed by atoms with E-state index in [1.807, 2.05) is 7.05 Å². The Balaban J connectivity index is 2.58. The van der Waals surface area contributed by atoms with Gasteiger partial charge < -0.3 is 19.9 Å². The maximum absolute atomic E-state index is 9.71. The third-order valence-electron chi connectivity index (χ3n) is 4.54. The fraction of sp³-hybridized carbons (Fsp3) is 1.00. The number of aliphatic hydroxyl groups excluding tert-OH is 1. The molecule has 2 atom stereocenters. The van der Waals surface area contributed by atoms with Crippen molar-refractivity contribution in [3.05, 3.63) is 0 Å². The summed E-state index contributed by atoms with van der Waals surface area (Å²) in [5, 5.41) is 13.0. The normalized spacial score (nSPS) is 27.1. The first-order valence-electron chi connectivity index (χ1n) is 7.73. The van der Waals surface area contributed by atoms with Gasteiger partial charge in [-0.05, 0) is 39.2 Å². The van der Waals surface area contributed by atoms with E-state index < -0.39 is 0 Å². The molecule has 0 aromatic carbocycles. The Morgan fingerprint density at radius 3 is 2.60 bits per heavy atom. The number of rotatable bonds is 10. The number of ether oxygens (including phenoxy) is 2. The lowest BCUT2D eigenvalue weighted by atomic mass is 9.79. The summed E-state index contributed by atoms with van der Waals surface area (Å²) in [5.74, 6) is 0. The number of methoxy groups -OCH3 is 2. The highest BCUT2D eigenvalue weighted by Crippen LogP contribution is 2.30. The number of likely N-dealkylation sites (N-methyl/N-ethyl adjacent to an activating group) is 1. The van der Waals surface area contributed by atoms with E-state index in [1.165, 1.54) is 12.8 Å². The highest BCUT2D eigenvalue weighted by Gasteiger charge is 2.36.